The number of nitrogens with two attached hydrogens (primary N) is 2. The minimum absolute atomic E-state index is 0.0312. The number of halogens is 3. The maximum absolute atomic E-state index is 11.9. The van der Waals surface area contributed by atoms with Crippen molar-refractivity contribution in [3.63, 3.8) is 0 Å². The summed E-state index contributed by atoms with van der Waals surface area (Å²) in [7, 11) is 0. The maximum atomic E-state index is 11.9. The van der Waals surface area contributed by atoms with Crippen LogP contribution in [0.3, 0.4) is 0 Å². The van der Waals surface area contributed by atoms with E-state index in [1.165, 1.54) is 6.92 Å². The lowest BCUT2D eigenvalue weighted by Crippen LogP contribution is -2.19. The van der Waals surface area contributed by atoms with Crippen molar-refractivity contribution in [2.45, 2.75) is 19.8 Å². The van der Waals surface area contributed by atoms with Crippen molar-refractivity contribution in [1.82, 2.24) is 4.98 Å². The maximum Gasteiger partial charge on any atom is 0.574 e. The van der Waals surface area contributed by atoms with Gasteiger partial charge in [0.1, 0.15) is 0 Å². The van der Waals surface area contributed by atoms with Gasteiger partial charge in [-0.05, 0) is 12.5 Å². The molecular formula is C8H10F3N3O. The largest absolute Gasteiger partial charge is 0.574 e. The fourth-order valence-electron chi connectivity index (χ4n) is 1.06. The third-order valence-corrected chi connectivity index (χ3v) is 1.75. The number of ether oxygens (including phenoxy) is 1. The average Bonchev–Trinajstić information content (AvgIpc) is 2.08. The number of nitrogen functional groups attached to an aromatic ring is 1. The molecule has 0 spiro atoms. The molecule has 15 heavy (non-hydrogen) atoms. The van der Waals surface area contributed by atoms with Gasteiger partial charge in [0.05, 0.1) is 11.4 Å². The molecule has 7 heteroatoms. The number of alkyl halides is 3. The molecule has 4 N–H and O–H groups in total. The number of aromatic nitrogens is 1. The molecule has 0 bridgehead atoms. The van der Waals surface area contributed by atoms with E-state index in [4.69, 9.17) is 11.5 Å². The van der Waals surface area contributed by atoms with E-state index < -0.39 is 12.2 Å². The summed E-state index contributed by atoms with van der Waals surface area (Å²) < 4.78 is 39.3. The predicted molar refractivity (Wildman–Crippen MR) is 48.0 cm³/mol. The van der Waals surface area contributed by atoms with Gasteiger partial charge in [0.15, 0.2) is 0 Å². The Morgan fingerprint density at radius 1 is 1.47 bits per heavy atom. The summed E-state index contributed by atoms with van der Waals surface area (Å²) in [5.74, 6) is -0.547. The van der Waals surface area contributed by atoms with E-state index in [1.54, 1.807) is 0 Å². The molecule has 4 nitrogen and oxygen atoms in total. The Bertz CT molecular complexity index is 365. The summed E-state index contributed by atoms with van der Waals surface area (Å²) in [4.78, 5) is 3.54. The van der Waals surface area contributed by atoms with Crippen molar-refractivity contribution >= 4 is 5.69 Å². The molecule has 0 aliphatic carbocycles. The van der Waals surface area contributed by atoms with E-state index in [0.29, 0.717) is 5.56 Å². The van der Waals surface area contributed by atoms with Gasteiger partial charge in [-0.25, -0.2) is 4.98 Å². The number of anilines is 1. The van der Waals surface area contributed by atoms with Crippen LogP contribution in [0.4, 0.5) is 18.9 Å². The quantitative estimate of drug-likeness (QED) is 0.790. The Kier molecular flexibility index (Phi) is 3.04. The normalized spacial score (nSPS) is 11.5. The topological polar surface area (TPSA) is 74.2 Å². The third kappa shape index (κ3) is 2.98. The Morgan fingerprint density at radius 3 is 2.53 bits per heavy atom. The molecule has 0 unspecified atom stereocenters. The first-order valence-corrected chi connectivity index (χ1v) is 4.05. The van der Waals surface area contributed by atoms with E-state index in [9.17, 15) is 13.2 Å². The smallest absolute Gasteiger partial charge is 0.397 e. The lowest BCUT2D eigenvalue weighted by Gasteiger charge is -2.11. The average molecular weight is 221 g/mol. The van der Waals surface area contributed by atoms with Crippen LogP contribution in [0.1, 0.15) is 11.3 Å². The molecule has 0 saturated carbocycles. The number of hydrogen-bond acceptors (Lipinski definition) is 4. The molecule has 0 fully saturated rings. The monoisotopic (exact) mass is 221 g/mol. The van der Waals surface area contributed by atoms with Crippen LogP contribution >= 0.6 is 0 Å². The highest BCUT2D eigenvalue weighted by Gasteiger charge is 2.32. The highest BCUT2D eigenvalue weighted by atomic mass is 19.4. The highest BCUT2D eigenvalue weighted by Crippen LogP contribution is 2.25. The standard InChI is InChI=1S/C8H10F3N3O/c1-4-7(13)5(3-12)2-6(14-4)15-8(9,10)11/h2H,3,12-13H2,1H3. The molecule has 0 aromatic carbocycles. The number of pyridine rings is 1. The lowest BCUT2D eigenvalue weighted by molar-refractivity contribution is -0.276. The van der Waals surface area contributed by atoms with Crippen molar-refractivity contribution in [2.24, 2.45) is 5.73 Å². The molecular weight excluding hydrogens is 211 g/mol. The van der Waals surface area contributed by atoms with E-state index >= 15 is 0 Å². The molecule has 0 aliphatic heterocycles. The van der Waals surface area contributed by atoms with Crippen LogP contribution in [0.25, 0.3) is 0 Å². The van der Waals surface area contributed by atoms with Gasteiger partial charge in [-0.3, -0.25) is 0 Å². The molecule has 0 atom stereocenters. The molecule has 1 aromatic heterocycles. The molecule has 1 heterocycles. The van der Waals surface area contributed by atoms with Gasteiger partial charge in [-0.1, -0.05) is 0 Å². The summed E-state index contributed by atoms with van der Waals surface area (Å²) in [6, 6.07) is 1.08. The minimum Gasteiger partial charge on any atom is -0.397 e. The van der Waals surface area contributed by atoms with Crippen LogP contribution in [-0.4, -0.2) is 11.3 Å². The van der Waals surface area contributed by atoms with E-state index in [0.717, 1.165) is 6.07 Å². The first kappa shape index (κ1) is 11.6. The Labute approximate surface area is 84.0 Å². The summed E-state index contributed by atoms with van der Waals surface area (Å²) in [5, 5.41) is 0. The highest BCUT2D eigenvalue weighted by molar-refractivity contribution is 5.52. The SMILES string of the molecule is Cc1nc(OC(F)(F)F)cc(CN)c1N. The van der Waals surface area contributed by atoms with Crippen molar-refractivity contribution < 1.29 is 17.9 Å². The second kappa shape index (κ2) is 3.93. The molecule has 0 saturated heterocycles. The zero-order valence-corrected chi connectivity index (χ0v) is 7.93. The van der Waals surface area contributed by atoms with Crippen LogP contribution in [0.15, 0.2) is 6.07 Å². The first-order valence-electron chi connectivity index (χ1n) is 4.05. The predicted octanol–water partition coefficient (Wildman–Crippen LogP) is 1.33. The van der Waals surface area contributed by atoms with Crippen LogP contribution in [0.2, 0.25) is 0 Å². The summed E-state index contributed by atoms with van der Waals surface area (Å²) in [5.41, 5.74) is 11.8. The Balaban J connectivity index is 3.06. The lowest BCUT2D eigenvalue weighted by atomic mass is 10.2. The Morgan fingerprint density at radius 2 is 2.07 bits per heavy atom. The number of rotatable bonds is 2. The molecule has 0 amide bonds. The fourth-order valence-corrected chi connectivity index (χ4v) is 1.06. The second-order valence-electron chi connectivity index (χ2n) is 2.87. The van der Waals surface area contributed by atoms with Gasteiger partial charge < -0.3 is 16.2 Å². The molecule has 0 aliphatic rings. The third-order valence-electron chi connectivity index (χ3n) is 1.75. The van der Waals surface area contributed by atoms with Gasteiger partial charge in [-0.2, -0.15) is 0 Å². The summed E-state index contributed by atoms with van der Waals surface area (Å²) in [6.45, 7) is 1.52. The van der Waals surface area contributed by atoms with Gasteiger partial charge >= 0.3 is 6.36 Å². The number of nitrogens with zero attached hydrogens (tertiary/aromatic N) is 1. The van der Waals surface area contributed by atoms with E-state index in [1.807, 2.05) is 0 Å². The number of aryl methyl sites for hydroxylation is 1. The van der Waals surface area contributed by atoms with Crippen LogP contribution in [-0.2, 0) is 6.54 Å². The van der Waals surface area contributed by atoms with Gasteiger partial charge in [0.25, 0.3) is 0 Å². The zero-order valence-electron chi connectivity index (χ0n) is 7.93. The van der Waals surface area contributed by atoms with E-state index in [2.05, 4.69) is 9.72 Å². The fraction of sp³-hybridized carbons (Fsp3) is 0.375. The Hall–Kier alpha value is -1.50. The van der Waals surface area contributed by atoms with Gasteiger partial charge in [0.2, 0.25) is 5.88 Å². The minimum atomic E-state index is -4.76. The van der Waals surface area contributed by atoms with E-state index in [-0.39, 0.29) is 17.9 Å². The van der Waals surface area contributed by atoms with Crippen molar-refractivity contribution in [1.29, 1.82) is 0 Å². The van der Waals surface area contributed by atoms with Crippen molar-refractivity contribution in [2.75, 3.05) is 5.73 Å². The second-order valence-corrected chi connectivity index (χ2v) is 2.87. The molecule has 1 rings (SSSR count). The van der Waals surface area contributed by atoms with Gasteiger partial charge in [0, 0.05) is 12.6 Å². The van der Waals surface area contributed by atoms with Crippen molar-refractivity contribution in [3.8, 4) is 5.88 Å². The molecule has 1 aromatic rings. The summed E-state index contributed by atoms with van der Waals surface area (Å²) in [6.07, 6.45) is -4.76. The van der Waals surface area contributed by atoms with Crippen molar-refractivity contribution in [3.05, 3.63) is 17.3 Å². The summed E-state index contributed by atoms with van der Waals surface area (Å²) >= 11 is 0. The first-order chi connectivity index (χ1) is 6.83. The molecule has 84 valence electrons. The van der Waals surface area contributed by atoms with Crippen LogP contribution in [0.5, 0.6) is 5.88 Å². The van der Waals surface area contributed by atoms with Crippen LogP contribution < -0.4 is 16.2 Å². The zero-order chi connectivity index (χ0) is 11.6. The number of hydrogen-bond donors (Lipinski definition) is 2. The van der Waals surface area contributed by atoms with Gasteiger partial charge in [-0.15, -0.1) is 13.2 Å². The van der Waals surface area contributed by atoms with Crippen LogP contribution in [0, 0.1) is 6.92 Å². The molecule has 0 radical (unpaired) electrons.